The predicted octanol–water partition coefficient (Wildman–Crippen LogP) is 1.56. The summed E-state index contributed by atoms with van der Waals surface area (Å²) >= 11 is 0. The smallest absolute Gasteiger partial charge is 0.240 e. The second-order valence-corrected chi connectivity index (χ2v) is 6.57. The Hall–Kier alpha value is -0.910. The molecule has 1 heterocycles. The first-order valence-corrected chi connectivity index (χ1v) is 8.58. The van der Waals surface area contributed by atoms with Crippen molar-refractivity contribution in [1.82, 2.24) is 14.7 Å². The first-order chi connectivity index (χ1) is 10.6. The third-order valence-corrected chi connectivity index (χ3v) is 4.38. The number of hydrogen-bond donors (Lipinski definition) is 0. The van der Waals surface area contributed by atoms with Crippen molar-refractivity contribution in [2.45, 2.75) is 38.7 Å². The molecule has 0 aromatic rings. The summed E-state index contributed by atoms with van der Waals surface area (Å²) in [6.45, 7) is 6.69. The number of allylic oxidation sites excluding steroid dienone is 2. The molecule has 22 heavy (non-hydrogen) atoms. The fourth-order valence-electron chi connectivity index (χ4n) is 3.32. The number of carbonyl (C=O) groups excluding carboxylic acids is 1. The van der Waals surface area contributed by atoms with Crippen LogP contribution in [0.1, 0.15) is 32.6 Å². The van der Waals surface area contributed by atoms with Crippen molar-refractivity contribution in [3.05, 3.63) is 11.8 Å². The van der Waals surface area contributed by atoms with Crippen molar-refractivity contribution in [1.29, 1.82) is 0 Å². The van der Waals surface area contributed by atoms with Crippen LogP contribution in [0, 0.1) is 0 Å². The normalized spacial score (nSPS) is 23.5. The Balaban J connectivity index is 1.88. The first-order valence-electron chi connectivity index (χ1n) is 8.58. The lowest BCUT2D eigenvalue weighted by Crippen LogP contribution is -2.50. The maximum Gasteiger partial charge on any atom is 0.240 e. The highest BCUT2D eigenvalue weighted by atomic mass is 16.5. The average molecular weight is 309 g/mol. The zero-order chi connectivity index (χ0) is 15.9. The van der Waals surface area contributed by atoms with Gasteiger partial charge in [0.15, 0.2) is 0 Å². The number of nitrogens with zero attached hydrogens (tertiary/aromatic N) is 3. The van der Waals surface area contributed by atoms with Crippen molar-refractivity contribution in [3.63, 3.8) is 0 Å². The average Bonchev–Trinajstić information content (AvgIpc) is 2.48. The van der Waals surface area contributed by atoms with Crippen LogP contribution < -0.4 is 0 Å². The van der Waals surface area contributed by atoms with Gasteiger partial charge in [-0.25, -0.2) is 0 Å². The molecule has 126 valence electrons. The van der Waals surface area contributed by atoms with E-state index in [0.717, 1.165) is 45.6 Å². The lowest BCUT2D eigenvalue weighted by molar-refractivity contribution is -0.132. The zero-order valence-corrected chi connectivity index (χ0v) is 14.4. The summed E-state index contributed by atoms with van der Waals surface area (Å²) in [6, 6.07) is 0. The highest BCUT2D eigenvalue weighted by Gasteiger charge is 2.25. The summed E-state index contributed by atoms with van der Waals surface area (Å²) in [6.07, 6.45) is 7.08. The fourth-order valence-corrected chi connectivity index (χ4v) is 3.32. The molecule has 0 aromatic heterocycles. The van der Waals surface area contributed by atoms with Gasteiger partial charge in [-0.15, -0.1) is 0 Å². The number of morpholine rings is 1. The lowest BCUT2D eigenvalue weighted by atomic mass is 10.0. The molecule has 1 saturated heterocycles. The summed E-state index contributed by atoms with van der Waals surface area (Å²) in [5.41, 5.74) is 1.23. The standard InChI is InChI=1S/C17H31N3O2/c1-4-20(15-8-6-5-7-9-15)17(21)14-19-10-11-22-16(13-19)12-18(2)3/h8,16H,4-7,9-14H2,1-3H3/t16-/m1/s1. The summed E-state index contributed by atoms with van der Waals surface area (Å²) in [7, 11) is 4.11. The van der Waals surface area contributed by atoms with Gasteiger partial charge in [0.2, 0.25) is 5.91 Å². The molecule has 0 saturated carbocycles. The van der Waals surface area contributed by atoms with Gasteiger partial charge in [0.05, 0.1) is 19.3 Å². The zero-order valence-electron chi connectivity index (χ0n) is 14.4. The van der Waals surface area contributed by atoms with E-state index < -0.39 is 0 Å². The lowest BCUT2D eigenvalue weighted by Gasteiger charge is -2.35. The van der Waals surface area contributed by atoms with Gasteiger partial charge in [0.1, 0.15) is 0 Å². The van der Waals surface area contributed by atoms with Gasteiger partial charge in [0, 0.05) is 31.9 Å². The molecule has 1 amide bonds. The summed E-state index contributed by atoms with van der Waals surface area (Å²) in [5.74, 6) is 0.237. The van der Waals surface area contributed by atoms with Gasteiger partial charge in [0.25, 0.3) is 0 Å². The van der Waals surface area contributed by atoms with Crippen molar-refractivity contribution in [2.24, 2.45) is 0 Å². The van der Waals surface area contributed by atoms with E-state index in [4.69, 9.17) is 4.74 Å². The minimum absolute atomic E-state index is 0.209. The fraction of sp³-hybridized carbons (Fsp3) is 0.824. The highest BCUT2D eigenvalue weighted by Crippen LogP contribution is 2.21. The molecular formula is C17H31N3O2. The minimum Gasteiger partial charge on any atom is -0.374 e. The molecule has 0 aromatic carbocycles. The number of amides is 1. The van der Waals surface area contributed by atoms with Crippen LogP contribution in [0.4, 0.5) is 0 Å². The van der Waals surface area contributed by atoms with Crippen LogP contribution in [-0.4, -0.2) is 80.1 Å². The van der Waals surface area contributed by atoms with Crippen molar-refractivity contribution >= 4 is 5.91 Å². The number of rotatable bonds is 6. The molecule has 5 nitrogen and oxygen atoms in total. The van der Waals surface area contributed by atoms with Crippen LogP contribution in [0.5, 0.6) is 0 Å². The van der Waals surface area contributed by atoms with Crippen molar-refractivity contribution in [2.75, 3.05) is 53.4 Å². The molecule has 0 radical (unpaired) electrons. The SMILES string of the molecule is CCN(C(=O)CN1CCO[C@H](CN(C)C)C1)C1=CCCCC1. The Kier molecular flexibility index (Phi) is 6.86. The number of ether oxygens (including phenoxy) is 1. The van der Waals surface area contributed by atoms with Crippen LogP contribution in [0.2, 0.25) is 0 Å². The summed E-state index contributed by atoms with van der Waals surface area (Å²) in [4.78, 5) is 19.0. The van der Waals surface area contributed by atoms with E-state index in [1.807, 2.05) is 4.90 Å². The van der Waals surface area contributed by atoms with Crippen molar-refractivity contribution in [3.8, 4) is 0 Å². The largest absolute Gasteiger partial charge is 0.374 e. The van der Waals surface area contributed by atoms with Gasteiger partial charge in [-0.05, 0) is 46.7 Å². The highest BCUT2D eigenvalue weighted by molar-refractivity contribution is 5.80. The Morgan fingerprint density at radius 1 is 1.41 bits per heavy atom. The van der Waals surface area contributed by atoms with Crippen LogP contribution in [-0.2, 0) is 9.53 Å². The van der Waals surface area contributed by atoms with E-state index in [1.165, 1.54) is 18.5 Å². The van der Waals surface area contributed by atoms with Crippen LogP contribution >= 0.6 is 0 Å². The molecule has 5 heteroatoms. The van der Waals surface area contributed by atoms with Crippen LogP contribution in [0.15, 0.2) is 11.8 Å². The second-order valence-electron chi connectivity index (χ2n) is 6.57. The summed E-state index contributed by atoms with van der Waals surface area (Å²) in [5, 5.41) is 0. The maximum absolute atomic E-state index is 12.7. The van der Waals surface area contributed by atoms with E-state index >= 15 is 0 Å². The van der Waals surface area contributed by atoms with E-state index in [1.54, 1.807) is 0 Å². The van der Waals surface area contributed by atoms with E-state index in [0.29, 0.717) is 6.54 Å². The molecular weight excluding hydrogens is 278 g/mol. The van der Waals surface area contributed by atoms with Gasteiger partial charge in [-0.2, -0.15) is 0 Å². The third-order valence-electron chi connectivity index (χ3n) is 4.38. The van der Waals surface area contributed by atoms with Gasteiger partial charge in [-0.1, -0.05) is 6.08 Å². The molecule has 1 atom stereocenters. The molecule has 2 rings (SSSR count). The van der Waals surface area contributed by atoms with Gasteiger partial charge in [-0.3, -0.25) is 9.69 Å². The van der Waals surface area contributed by atoms with Gasteiger partial charge < -0.3 is 14.5 Å². The van der Waals surface area contributed by atoms with E-state index in [2.05, 4.69) is 36.9 Å². The summed E-state index contributed by atoms with van der Waals surface area (Å²) < 4.78 is 5.78. The number of carbonyl (C=O) groups is 1. The van der Waals surface area contributed by atoms with E-state index in [-0.39, 0.29) is 12.0 Å². The Morgan fingerprint density at radius 2 is 2.23 bits per heavy atom. The van der Waals surface area contributed by atoms with Crippen molar-refractivity contribution < 1.29 is 9.53 Å². The third kappa shape index (κ3) is 5.07. The number of likely N-dealkylation sites (N-methyl/N-ethyl adjacent to an activating group) is 2. The molecule has 2 aliphatic rings. The molecule has 0 unspecified atom stereocenters. The monoisotopic (exact) mass is 309 g/mol. The quantitative estimate of drug-likeness (QED) is 0.746. The molecule has 1 aliphatic heterocycles. The van der Waals surface area contributed by atoms with Gasteiger partial charge >= 0.3 is 0 Å². The molecule has 0 N–H and O–H groups in total. The van der Waals surface area contributed by atoms with E-state index in [9.17, 15) is 4.79 Å². The minimum atomic E-state index is 0.209. The van der Waals surface area contributed by atoms with Crippen LogP contribution in [0.25, 0.3) is 0 Å². The number of hydrogen-bond acceptors (Lipinski definition) is 4. The maximum atomic E-state index is 12.7. The topological polar surface area (TPSA) is 36.0 Å². The molecule has 1 aliphatic carbocycles. The van der Waals surface area contributed by atoms with Crippen LogP contribution in [0.3, 0.4) is 0 Å². The molecule has 0 spiro atoms. The Bertz CT molecular complexity index is 395. The predicted molar refractivity (Wildman–Crippen MR) is 88.7 cm³/mol. The first kappa shape index (κ1) is 17.4. The molecule has 1 fully saturated rings. The Labute approximate surface area is 134 Å². The second kappa shape index (κ2) is 8.65. The molecule has 0 bridgehead atoms. The Morgan fingerprint density at radius 3 is 2.86 bits per heavy atom.